The topological polar surface area (TPSA) is 82.8 Å². The van der Waals surface area contributed by atoms with Gasteiger partial charge in [-0.2, -0.15) is 0 Å². The average Bonchev–Trinajstić information content (AvgIpc) is 2.74. The van der Waals surface area contributed by atoms with Crippen molar-refractivity contribution in [1.29, 1.82) is 0 Å². The van der Waals surface area contributed by atoms with E-state index < -0.39 is 0 Å². The zero-order valence-corrected chi connectivity index (χ0v) is 19.8. The number of nitrogens with one attached hydrogen (secondary N) is 2. The average molecular weight is 446 g/mol. The van der Waals surface area contributed by atoms with Gasteiger partial charge in [-0.3, -0.25) is 14.7 Å². The summed E-state index contributed by atoms with van der Waals surface area (Å²) in [5.74, 6) is -0.245. The predicted molar refractivity (Wildman–Crippen MR) is 135 cm³/mol. The summed E-state index contributed by atoms with van der Waals surface area (Å²) in [5, 5.41) is 5.98. The van der Waals surface area contributed by atoms with Crippen molar-refractivity contribution in [3.63, 3.8) is 0 Å². The first-order valence-corrected chi connectivity index (χ1v) is 10.6. The van der Waals surface area contributed by atoms with Gasteiger partial charge >= 0.3 is 0 Å². The van der Waals surface area contributed by atoms with Crippen molar-refractivity contribution in [3.05, 3.63) is 73.9 Å². The number of rotatable bonds is 18. The van der Waals surface area contributed by atoms with Crippen LogP contribution >= 0.6 is 0 Å². The van der Waals surface area contributed by atoms with Gasteiger partial charge in [0.15, 0.2) is 5.83 Å². The Labute approximate surface area is 193 Å². The summed E-state index contributed by atoms with van der Waals surface area (Å²) >= 11 is 0. The molecule has 178 valence electrons. The van der Waals surface area contributed by atoms with Gasteiger partial charge in [0.1, 0.15) is 5.82 Å². The fraction of sp³-hybridized carbons (Fsp3) is 0.440. The number of halogens is 1. The Morgan fingerprint density at radius 3 is 2.41 bits per heavy atom. The predicted octanol–water partition coefficient (Wildman–Crippen LogP) is 3.70. The van der Waals surface area contributed by atoms with E-state index in [9.17, 15) is 4.79 Å². The highest BCUT2D eigenvalue weighted by Gasteiger charge is 2.19. The van der Waals surface area contributed by atoms with Crippen molar-refractivity contribution in [3.8, 4) is 0 Å². The van der Waals surface area contributed by atoms with Gasteiger partial charge in [-0.1, -0.05) is 42.5 Å². The summed E-state index contributed by atoms with van der Waals surface area (Å²) in [4.78, 5) is 16.6. The molecule has 6 nitrogen and oxygen atoms in total. The number of hydrogen-bond donors (Lipinski definition) is 3. The van der Waals surface area contributed by atoms with Crippen LogP contribution in [-0.4, -0.2) is 50.9 Å². The lowest BCUT2D eigenvalue weighted by molar-refractivity contribution is -0.117. The van der Waals surface area contributed by atoms with E-state index in [1.54, 1.807) is 19.2 Å². The van der Waals surface area contributed by atoms with Crippen molar-refractivity contribution in [2.45, 2.75) is 19.8 Å². The second-order valence-corrected chi connectivity index (χ2v) is 7.77. The van der Waals surface area contributed by atoms with Gasteiger partial charge in [0, 0.05) is 32.5 Å². The summed E-state index contributed by atoms with van der Waals surface area (Å²) in [7, 11) is 3.46. The summed E-state index contributed by atoms with van der Waals surface area (Å²) in [5.41, 5.74) is 6.13. The van der Waals surface area contributed by atoms with Crippen molar-refractivity contribution in [2.75, 3.05) is 33.7 Å². The van der Waals surface area contributed by atoms with Crippen molar-refractivity contribution in [2.24, 2.45) is 28.5 Å². The van der Waals surface area contributed by atoms with Gasteiger partial charge in [-0.05, 0) is 32.2 Å². The fourth-order valence-electron chi connectivity index (χ4n) is 3.14. The molecule has 0 radical (unpaired) electrons. The smallest absolute Gasteiger partial charge is 0.221 e. The molecule has 0 aromatic heterocycles. The highest BCUT2D eigenvalue weighted by Crippen LogP contribution is 2.23. The van der Waals surface area contributed by atoms with Crippen molar-refractivity contribution >= 4 is 12.2 Å². The summed E-state index contributed by atoms with van der Waals surface area (Å²) in [6.45, 7) is 18.8. The fourth-order valence-corrected chi connectivity index (χ4v) is 3.14. The molecule has 0 aliphatic heterocycles. The standard InChI is InChI=1S/C25H40FN5O/c1-8-20(13-11-12-14-24(27)32)15-29-25(30-18-28-6)23(26)17-31(7)16-21(9-2)22(10-3)19(4)5/h8-12,18,20-22,29H,1-4,13-17H2,5-7H3,(H2,27,32)(H,28,30)/b12-11+,25-23+. The summed E-state index contributed by atoms with van der Waals surface area (Å²) < 4.78 is 15.1. The van der Waals surface area contributed by atoms with E-state index in [4.69, 9.17) is 5.73 Å². The van der Waals surface area contributed by atoms with Gasteiger partial charge in [-0.25, -0.2) is 4.39 Å². The molecule has 3 unspecified atom stereocenters. The second-order valence-electron chi connectivity index (χ2n) is 7.77. The molecule has 0 aromatic carbocycles. The van der Waals surface area contributed by atoms with Gasteiger partial charge in [0.25, 0.3) is 0 Å². The molecule has 0 aromatic rings. The molecule has 7 heteroatoms. The number of nitrogens with zero attached hydrogens (tertiary/aromatic N) is 2. The van der Waals surface area contributed by atoms with Crippen LogP contribution in [0.15, 0.2) is 78.9 Å². The molecular formula is C25H40FN5O. The maximum Gasteiger partial charge on any atom is 0.221 e. The minimum atomic E-state index is -0.379. The van der Waals surface area contributed by atoms with Gasteiger partial charge in [-0.15, -0.1) is 19.7 Å². The zero-order chi connectivity index (χ0) is 24.5. The Hall–Kier alpha value is -2.93. The first-order chi connectivity index (χ1) is 15.2. The third kappa shape index (κ3) is 12.1. The minimum Gasteiger partial charge on any atom is -0.369 e. The van der Waals surface area contributed by atoms with E-state index in [1.165, 1.54) is 6.34 Å². The molecule has 0 heterocycles. The van der Waals surface area contributed by atoms with Gasteiger partial charge in [0.05, 0.1) is 12.9 Å². The molecular weight excluding hydrogens is 405 g/mol. The lowest BCUT2D eigenvalue weighted by Crippen LogP contribution is -2.34. The van der Waals surface area contributed by atoms with Crippen LogP contribution in [0.4, 0.5) is 4.39 Å². The van der Waals surface area contributed by atoms with Gasteiger partial charge < -0.3 is 16.4 Å². The first-order valence-electron chi connectivity index (χ1n) is 10.6. The normalized spacial score (nSPS) is 15.2. The van der Waals surface area contributed by atoms with Crippen molar-refractivity contribution in [1.82, 2.24) is 15.5 Å². The third-order valence-corrected chi connectivity index (χ3v) is 4.93. The lowest BCUT2D eigenvalue weighted by Gasteiger charge is -2.27. The third-order valence-electron chi connectivity index (χ3n) is 4.93. The van der Waals surface area contributed by atoms with E-state index in [0.29, 0.717) is 19.5 Å². The van der Waals surface area contributed by atoms with Crippen molar-refractivity contribution < 1.29 is 9.18 Å². The monoisotopic (exact) mass is 445 g/mol. The largest absolute Gasteiger partial charge is 0.369 e. The highest BCUT2D eigenvalue weighted by molar-refractivity contribution is 5.75. The summed E-state index contributed by atoms with van der Waals surface area (Å²) in [6.07, 6.45) is 11.4. The molecule has 0 bridgehead atoms. The Morgan fingerprint density at radius 2 is 1.91 bits per heavy atom. The van der Waals surface area contributed by atoms with E-state index >= 15 is 4.39 Å². The number of likely N-dealkylation sites (N-methyl/N-ethyl adjacent to an activating group) is 1. The van der Waals surface area contributed by atoms with Crippen LogP contribution in [0, 0.1) is 17.8 Å². The molecule has 0 saturated carbocycles. The van der Waals surface area contributed by atoms with E-state index in [1.807, 2.05) is 37.1 Å². The number of aliphatic imine (C=N–C) groups is 1. The Kier molecular flexibility index (Phi) is 15.2. The SMILES string of the molecule is C=CC(C/C=C/CC(N)=O)CN/C(NC=NC)=C(\F)CN(C)CC(C=C)C(C=C)C(=C)C. The Balaban J connectivity index is 5.17. The van der Waals surface area contributed by atoms with Crippen LogP contribution in [0.5, 0.6) is 0 Å². The molecule has 0 saturated heterocycles. The number of carbonyl (C=O) groups excluding carboxylic acids is 1. The molecule has 0 rings (SSSR count). The molecule has 0 aliphatic carbocycles. The Morgan fingerprint density at radius 1 is 1.22 bits per heavy atom. The van der Waals surface area contributed by atoms with Crippen LogP contribution in [-0.2, 0) is 4.79 Å². The quantitative estimate of drug-likeness (QED) is 0.171. The molecule has 0 spiro atoms. The van der Waals surface area contributed by atoms with Crippen LogP contribution in [0.2, 0.25) is 0 Å². The molecule has 0 fully saturated rings. The molecule has 1 amide bonds. The number of hydrogen-bond acceptors (Lipinski definition) is 4. The van der Waals surface area contributed by atoms with Crippen LogP contribution in [0.1, 0.15) is 19.8 Å². The van der Waals surface area contributed by atoms with Crippen LogP contribution in [0.25, 0.3) is 0 Å². The number of nitrogens with two attached hydrogens (primary N) is 1. The molecule has 32 heavy (non-hydrogen) atoms. The number of carbonyl (C=O) groups is 1. The Bertz CT molecular complexity index is 726. The van der Waals surface area contributed by atoms with E-state index in [-0.39, 0.29) is 48.3 Å². The number of primary amides is 1. The number of allylic oxidation sites excluding steroid dienone is 3. The maximum absolute atomic E-state index is 15.1. The zero-order valence-electron chi connectivity index (χ0n) is 19.8. The molecule has 0 aliphatic rings. The van der Waals surface area contributed by atoms with Crippen LogP contribution in [0.3, 0.4) is 0 Å². The molecule has 3 atom stereocenters. The number of amides is 1. The maximum atomic E-state index is 15.1. The van der Waals surface area contributed by atoms with Gasteiger partial charge in [0.2, 0.25) is 5.91 Å². The van der Waals surface area contributed by atoms with E-state index in [0.717, 1.165) is 5.57 Å². The minimum absolute atomic E-state index is 0.0501. The lowest BCUT2D eigenvalue weighted by atomic mass is 9.87. The summed E-state index contributed by atoms with van der Waals surface area (Å²) in [6, 6.07) is 0. The van der Waals surface area contributed by atoms with Crippen LogP contribution < -0.4 is 16.4 Å². The van der Waals surface area contributed by atoms with E-state index in [2.05, 4.69) is 41.9 Å². The second kappa shape index (κ2) is 16.7. The first kappa shape index (κ1) is 29.1. The highest BCUT2D eigenvalue weighted by atomic mass is 19.1. The molecule has 4 N–H and O–H groups in total.